The zero-order valence-electron chi connectivity index (χ0n) is 13.9. The fourth-order valence-corrected chi connectivity index (χ4v) is 2.97. The second-order valence-electron chi connectivity index (χ2n) is 6.03. The van der Waals surface area contributed by atoms with E-state index < -0.39 is 36.1 Å². The lowest BCUT2D eigenvalue weighted by Gasteiger charge is -2.20. The largest absolute Gasteiger partial charge is 0.451 e. The van der Waals surface area contributed by atoms with Crippen molar-refractivity contribution < 1.29 is 28.7 Å². The number of nitrogens with zero attached hydrogens (tertiary/aromatic N) is 1. The molecule has 134 valence electrons. The van der Waals surface area contributed by atoms with Gasteiger partial charge in [0.15, 0.2) is 6.10 Å². The molecule has 1 saturated carbocycles. The van der Waals surface area contributed by atoms with Crippen LogP contribution in [-0.2, 0) is 23.9 Å². The number of hydrogen-bond acceptors (Lipinski definition) is 6. The number of rotatable bonds is 7. The number of urea groups is 1. The van der Waals surface area contributed by atoms with Crippen molar-refractivity contribution >= 4 is 23.8 Å². The van der Waals surface area contributed by atoms with Crippen LogP contribution in [0.3, 0.4) is 0 Å². The Morgan fingerprint density at radius 2 is 2.00 bits per heavy atom. The lowest BCUT2D eigenvalue weighted by atomic mass is 9.98. The molecule has 0 bridgehead atoms. The topological polar surface area (TPSA) is 114 Å². The third kappa shape index (κ3) is 3.84. The molecule has 1 spiro atoms. The van der Waals surface area contributed by atoms with Gasteiger partial charge in [0.25, 0.3) is 11.8 Å². The summed E-state index contributed by atoms with van der Waals surface area (Å²) in [7, 11) is 1.50. The maximum Gasteiger partial charge on any atom is 0.327 e. The van der Waals surface area contributed by atoms with Gasteiger partial charge in [0.1, 0.15) is 12.1 Å². The van der Waals surface area contributed by atoms with Crippen LogP contribution in [0.4, 0.5) is 4.79 Å². The van der Waals surface area contributed by atoms with Crippen LogP contribution in [0.15, 0.2) is 0 Å². The molecule has 2 aliphatic rings. The first-order valence-corrected chi connectivity index (χ1v) is 8.00. The van der Waals surface area contributed by atoms with E-state index in [2.05, 4.69) is 10.6 Å². The maximum atomic E-state index is 12.4. The van der Waals surface area contributed by atoms with E-state index in [4.69, 9.17) is 9.47 Å². The number of methoxy groups -OCH3 is 1. The number of imide groups is 1. The van der Waals surface area contributed by atoms with Crippen molar-refractivity contribution in [2.24, 2.45) is 0 Å². The second kappa shape index (κ2) is 7.61. The summed E-state index contributed by atoms with van der Waals surface area (Å²) in [6.45, 7) is 1.57. The third-order valence-electron chi connectivity index (χ3n) is 4.27. The Labute approximate surface area is 140 Å². The number of hydrogen-bond donors (Lipinski definition) is 2. The third-order valence-corrected chi connectivity index (χ3v) is 4.27. The van der Waals surface area contributed by atoms with E-state index in [1.807, 2.05) is 0 Å². The fourth-order valence-electron chi connectivity index (χ4n) is 2.97. The zero-order chi connectivity index (χ0) is 17.7. The van der Waals surface area contributed by atoms with Crippen LogP contribution in [0.2, 0.25) is 0 Å². The molecule has 0 aromatic carbocycles. The second-order valence-corrected chi connectivity index (χ2v) is 6.03. The van der Waals surface area contributed by atoms with Gasteiger partial charge in [-0.25, -0.2) is 4.79 Å². The van der Waals surface area contributed by atoms with E-state index in [1.165, 1.54) is 14.0 Å². The molecule has 0 radical (unpaired) electrons. The Kier molecular flexibility index (Phi) is 5.76. The highest BCUT2D eigenvalue weighted by Gasteiger charge is 2.52. The molecule has 1 saturated heterocycles. The summed E-state index contributed by atoms with van der Waals surface area (Å²) in [5.41, 5.74) is -0.861. The Bertz CT molecular complexity index is 529. The van der Waals surface area contributed by atoms with Gasteiger partial charge in [0.05, 0.1) is 6.61 Å². The van der Waals surface area contributed by atoms with Gasteiger partial charge < -0.3 is 20.1 Å². The van der Waals surface area contributed by atoms with Gasteiger partial charge in [-0.2, -0.15) is 0 Å². The summed E-state index contributed by atoms with van der Waals surface area (Å²) >= 11 is 0. The van der Waals surface area contributed by atoms with E-state index in [-0.39, 0.29) is 5.91 Å². The standard InChI is InChI=1S/C15H23N3O6/c1-10(12(20)16-7-8-23-2)24-11(19)9-18-13(21)15(17-14(18)22)5-3-4-6-15/h10H,3-9H2,1-2H3,(H,16,20)(H,17,22)/t10-/m1/s1. The molecular formula is C15H23N3O6. The van der Waals surface area contributed by atoms with E-state index in [0.717, 1.165) is 17.7 Å². The Morgan fingerprint density at radius 3 is 2.62 bits per heavy atom. The van der Waals surface area contributed by atoms with E-state index in [1.54, 1.807) is 0 Å². The first-order chi connectivity index (χ1) is 11.4. The summed E-state index contributed by atoms with van der Waals surface area (Å²) < 4.78 is 9.79. The highest BCUT2D eigenvalue weighted by molar-refractivity contribution is 6.08. The van der Waals surface area contributed by atoms with Crippen molar-refractivity contribution in [3.05, 3.63) is 0 Å². The highest BCUT2D eigenvalue weighted by Crippen LogP contribution is 2.34. The smallest absolute Gasteiger partial charge is 0.327 e. The van der Waals surface area contributed by atoms with Crippen LogP contribution in [-0.4, -0.2) is 67.2 Å². The molecule has 1 atom stereocenters. The molecule has 24 heavy (non-hydrogen) atoms. The molecule has 0 unspecified atom stereocenters. The van der Waals surface area contributed by atoms with Crippen molar-refractivity contribution in [3.63, 3.8) is 0 Å². The minimum atomic E-state index is -1.02. The zero-order valence-corrected chi connectivity index (χ0v) is 13.9. The van der Waals surface area contributed by atoms with Gasteiger partial charge >= 0.3 is 12.0 Å². The van der Waals surface area contributed by atoms with Gasteiger partial charge in [0.2, 0.25) is 0 Å². The normalized spacial score (nSPS) is 20.2. The van der Waals surface area contributed by atoms with Crippen LogP contribution < -0.4 is 10.6 Å². The van der Waals surface area contributed by atoms with Gasteiger partial charge in [-0.15, -0.1) is 0 Å². The molecule has 1 aliphatic carbocycles. The average Bonchev–Trinajstić information content (AvgIpc) is 3.09. The average molecular weight is 341 g/mol. The molecule has 9 heteroatoms. The lowest BCUT2D eigenvalue weighted by Crippen LogP contribution is -2.45. The van der Waals surface area contributed by atoms with E-state index in [9.17, 15) is 19.2 Å². The Morgan fingerprint density at radius 1 is 1.33 bits per heavy atom. The molecule has 2 fully saturated rings. The predicted octanol–water partition coefficient (Wildman–Crippen LogP) is -0.455. The summed E-state index contributed by atoms with van der Waals surface area (Å²) in [5, 5.41) is 5.22. The van der Waals surface area contributed by atoms with Crippen LogP contribution in [0.25, 0.3) is 0 Å². The van der Waals surface area contributed by atoms with Crippen molar-refractivity contribution in [2.75, 3.05) is 26.8 Å². The SMILES string of the molecule is COCCNC(=O)[C@@H](C)OC(=O)CN1C(=O)NC2(CCCC2)C1=O. The maximum absolute atomic E-state index is 12.4. The van der Waals surface area contributed by atoms with Crippen molar-refractivity contribution in [3.8, 4) is 0 Å². The van der Waals surface area contributed by atoms with Crippen LogP contribution in [0.1, 0.15) is 32.6 Å². The van der Waals surface area contributed by atoms with Crippen LogP contribution in [0, 0.1) is 0 Å². The number of esters is 1. The predicted molar refractivity (Wildman–Crippen MR) is 81.9 cm³/mol. The summed E-state index contributed by atoms with van der Waals surface area (Å²) in [6.07, 6.45) is 1.88. The Balaban J connectivity index is 1.84. The molecule has 2 N–H and O–H groups in total. The molecular weight excluding hydrogens is 318 g/mol. The van der Waals surface area contributed by atoms with Crippen molar-refractivity contribution in [2.45, 2.75) is 44.2 Å². The van der Waals surface area contributed by atoms with Crippen molar-refractivity contribution in [1.82, 2.24) is 15.5 Å². The Hall–Kier alpha value is -2.16. The molecule has 9 nitrogen and oxygen atoms in total. The van der Waals surface area contributed by atoms with Crippen LogP contribution >= 0.6 is 0 Å². The minimum absolute atomic E-state index is 0.298. The minimum Gasteiger partial charge on any atom is -0.451 e. The summed E-state index contributed by atoms with van der Waals surface area (Å²) in [4.78, 5) is 48.9. The van der Waals surface area contributed by atoms with Gasteiger partial charge in [-0.3, -0.25) is 19.3 Å². The first-order valence-electron chi connectivity index (χ1n) is 8.00. The first kappa shape index (κ1) is 18.2. The van der Waals surface area contributed by atoms with Gasteiger partial charge in [0, 0.05) is 13.7 Å². The number of ether oxygens (including phenoxy) is 2. The van der Waals surface area contributed by atoms with E-state index >= 15 is 0 Å². The summed E-state index contributed by atoms with van der Waals surface area (Å²) in [6, 6.07) is -0.587. The quantitative estimate of drug-likeness (QED) is 0.368. The van der Waals surface area contributed by atoms with Crippen LogP contribution in [0.5, 0.6) is 0 Å². The molecule has 4 amide bonds. The highest BCUT2D eigenvalue weighted by atomic mass is 16.5. The van der Waals surface area contributed by atoms with E-state index in [0.29, 0.717) is 26.0 Å². The molecule has 1 aliphatic heterocycles. The fraction of sp³-hybridized carbons (Fsp3) is 0.733. The molecule has 0 aromatic heterocycles. The van der Waals surface area contributed by atoms with Crippen molar-refractivity contribution in [1.29, 1.82) is 0 Å². The number of carbonyl (C=O) groups excluding carboxylic acids is 4. The van der Waals surface area contributed by atoms with Gasteiger partial charge in [-0.05, 0) is 19.8 Å². The number of nitrogens with one attached hydrogen (secondary N) is 2. The molecule has 0 aromatic rings. The lowest BCUT2D eigenvalue weighted by molar-refractivity contribution is -0.156. The molecule has 2 rings (SSSR count). The summed E-state index contributed by atoms with van der Waals surface area (Å²) in [5.74, 6) is -1.66. The number of carbonyl (C=O) groups is 4. The molecule has 1 heterocycles. The number of amides is 4. The van der Waals surface area contributed by atoms with Gasteiger partial charge in [-0.1, -0.05) is 12.8 Å². The monoisotopic (exact) mass is 341 g/mol.